The van der Waals surface area contributed by atoms with Crippen LogP contribution in [-0.4, -0.2) is 19.5 Å². The number of benzene rings is 8. The van der Waals surface area contributed by atoms with Crippen LogP contribution in [0.5, 0.6) is 0 Å². The fourth-order valence-corrected chi connectivity index (χ4v) is 7.67. The van der Waals surface area contributed by atoms with Gasteiger partial charge in [0.2, 0.25) is 0 Å². The minimum atomic E-state index is -0.612. The number of para-hydroxylation sites is 2. The number of hydrogen-bond donors (Lipinski definition) is 0. The summed E-state index contributed by atoms with van der Waals surface area (Å²) in [4.78, 5) is 14.8. The van der Waals surface area contributed by atoms with E-state index in [0.29, 0.717) is 22.3 Å². The van der Waals surface area contributed by atoms with Crippen LogP contribution < -0.4 is 0 Å². The van der Waals surface area contributed by atoms with Crippen molar-refractivity contribution in [1.82, 2.24) is 19.5 Å². The molecule has 0 spiro atoms. The Morgan fingerprint density at radius 1 is 0.421 bits per heavy atom. The lowest BCUT2D eigenvalue weighted by Crippen LogP contribution is -2.00. The first-order valence-corrected chi connectivity index (χ1v) is 18.0. The van der Waals surface area contributed by atoms with Crippen molar-refractivity contribution in [3.8, 4) is 51.0 Å². The molecule has 0 amide bonds. The van der Waals surface area contributed by atoms with E-state index in [-0.39, 0.29) is 84.6 Å². The molecule has 4 aromatic heterocycles. The average Bonchev–Trinajstić information content (AvgIpc) is 4.04. The van der Waals surface area contributed by atoms with Gasteiger partial charge in [0, 0.05) is 60.7 Å². The van der Waals surface area contributed by atoms with E-state index in [0.717, 1.165) is 21.9 Å². The third-order valence-corrected chi connectivity index (χ3v) is 10.2. The average molecular weight is 743 g/mol. The zero-order chi connectivity index (χ0) is 47.9. The normalized spacial score (nSPS) is 14.8. The molecule has 12 aromatic rings. The van der Waals surface area contributed by atoms with Gasteiger partial charge in [0.15, 0.2) is 17.5 Å². The molecule has 6 nitrogen and oxygen atoms in total. The van der Waals surface area contributed by atoms with Crippen LogP contribution in [0.15, 0.2) is 191 Å². The Bertz CT molecular complexity index is 4230. The van der Waals surface area contributed by atoms with E-state index < -0.39 is 60.4 Å². The van der Waals surface area contributed by atoms with E-state index in [4.69, 9.17) is 36.1 Å². The van der Waals surface area contributed by atoms with Gasteiger partial charge in [-0.2, -0.15) is 0 Å². The fraction of sp³-hybridized carbons (Fsp3) is 0. The number of rotatable bonds is 5. The zero-order valence-electron chi connectivity index (χ0n) is 41.5. The zero-order valence-corrected chi connectivity index (χ0v) is 29.5. The SMILES string of the molecule is [2H]c1cc2c(c([2H])c1[2H])c1c([2H])c([2H])c([2H])c([2H])c1n2-c1c([2H])cc2c(oc3c([2H])c([2H])c([2H])c(-c4nc(-c5ccccc5)nc(-c5ccc6oc7cccc(-c8ccccc8)c7c6c5)n4)c32)c1[2H]. The topological polar surface area (TPSA) is 69.9 Å². The van der Waals surface area contributed by atoms with Crippen molar-refractivity contribution in [2.24, 2.45) is 0 Å². The second-order valence-corrected chi connectivity index (χ2v) is 13.4. The van der Waals surface area contributed by atoms with Crippen LogP contribution in [-0.2, 0) is 0 Å². The summed E-state index contributed by atoms with van der Waals surface area (Å²) in [6.45, 7) is 0. The molecule has 0 radical (unpaired) electrons. The second kappa shape index (κ2) is 12.3. The summed E-state index contributed by atoms with van der Waals surface area (Å²) < 4.78 is 121. The predicted octanol–water partition coefficient (Wildman–Crippen LogP) is 13.4. The molecule has 0 aliphatic heterocycles. The third-order valence-electron chi connectivity index (χ3n) is 10.2. The third kappa shape index (κ3) is 4.94. The minimum Gasteiger partial charge on any atom is -0.456 e. The molecule has 0 aliphatic carbocycles. The van der Waals surface area contributed by atoms with Crippen molar-refractivity contribution in [3.05, 3.63) is 182 Å². The maximum Gasteiger partial charge on any atom is 0.164 e. The number of furan rings is 2. The van der Waals surface area contributed by atoms with Crippen molar-refractivity contribution in [3.63, 3.8) is 0 Å². The number of fused-ring (bicyclic) bond motifs is 9. The highest BCUT2D eigenvalue weighted by Crippen LogP contribution is 2.41. The Morgan fingerprint density at radius 3 is 2.00 bits per heavy atom. The molecule has 0 bridgehead atoms. The molecule has 0 atom stereocenters. The molecule has 0 N–H and O–H groups in total. The first-order chi connectivity index (χ1) is 33.2. The summed E-state index contributed by atoms with van der Waals surface area (Å²) in [5.74, 6) is 0.399. The lowest BCUT2D eigenvalue weighted by molar-refractivity contribution is 0.668. The van der Waals surface area contributed by atoms with Crippen molar-refractivity contribution < 1.29 is 25.3 Å². The van der Waals surface area contributed by atoms with E-state index in [1.807, 2.05) is 97.1 Å². The molecule has 8 aromatic carbocycles. The van der Waals surface area contributed by atoms with Gasteiger partial charge in [0.1, 0.15) is 22.3 Å². The van der Waals surface area contributed by atoms with Crippen LogP contribution in [0.4, 0.5) is 0 Å². The maximum atomic E-state index is 9.67. The summed E-state index contributed by atoms with van der Waals surface area (Å²) in [7, 11) is 0. The van der Waals surface area contributed by atoms with E-state index in [9.17, 15) is 4.11 Å². The number of nitrogens with zero attached hydrogens (tertiary/aromatic N) is 4. The molecular formula is C51H30N4O2. The lowest BCUT2D eigenvalue weighted by Gasteiger charge is -2.10. The van der Waals surface area contributed by atoms with Gasteiger partial charge in [-0.1, -0.05) is 121 Å². The molecular weight excluding hydrogens is 701 g/mol. The molecule has 0 saturated heterocycles. The number of aromatic nitrogens is 4. The summed E-state index contributed by atoms with van der Waals surface area (Å²) in [5, 5.41) is 1.69. The van der Waals surface area contributed by atoms with Gasteiger partial charge in [0.25, 0.3) is 0 Å². The molecule has 0 fully saturated rings. The van der Waals surface area contributed by atoms with Crippen LogP contribution in [0, 0.1) is 0 Å². The first kappa shape index (κ1) is 21.9. The van der Waals surface area contributed by atoms with Crippen LogP contribution in [0.25, 0.3) is 117 Å². The molecule has 12 rings (SSSR count). The van der Waals surface area contributed by atoms with E-state index in [1.54, 1.807) is 0 Å². The quantitative estimate of drug-likeness (QED) is 0.176. The summed E-state index contributed by atoms with van der Waals surface area (Å²) in [5.41, 5.74) is 3.66. The van der Waals surface area contributed by atoms with Gasteiger partial charge in [-0.05, 0) is 65.7 Å². The first-order valence-electron chi connectivity index (χ1n) is 24.0. The molecule has 0 unspecified atom stereocenters. The largest absolute Gasteiger partial charge is 0.456 e. The smallest absolute Gasteiger partial charge is 0.164 e. The van der Waals surface area contributed by atoms with Crippen LogP contribution in [0.1, 0.15) is 16.4 Å². The van der Waals surface area contributed by atoms with Gasteiger partial charge in [-0.25, -0.2) is 15.0 Å². The second-order valence-electron chi connectivity index (χ2n) is 13.4. The monoisotopic (exact) mass is 742 g/mol. The standard InChI is InChI=1S/C51H30N4O2/c1-3-13-31(14-4-1)35-19-11-23-44-47(35)40-29-33(25-28-43(40)56-44)50-52-49(32-15-5-2-6-16-32)53-51(54-50)39-20-12-24-45-48(39)38-27-26-34(30-46(38)57-45)55-41-21-9-7-17-36(41)37-18-8-10-22-42(37)55/h1-30H/i7D,8D,9D,10D,12D,17D,18D,20D,21D,24D,26D,30D. The maximum absolute atomic E-state index is 9.67. The van der Waals surface area contributed by atoms with Gasteiger partial charge in [-0.3, -0.25) is 0 Å². The summed E-state index contributed by atoms with van der Waals surface area (Å²) in [6.07, 6.45) is 0. The van der Waals surface area contributed by atoms with Crippen LogP contribution in [0.2, 0.25) is 0 Å². The highest BCUT2D eigenvalue weighted by Gasteiger charge is 2.20. The Labute approximate surface area is 342 Å². The van der Waals surface area contributed by atoms with Crippen molar-refractivity contribution in [2.75, 3.05) is 0 Å². The molecule has 6 heteroatoms. The molecule has 0 aliphatic rings. The van der Waals surface area contributed by atoms with Crippen LogP contribution in [0.3, 0.4) is 0 Å². The van der Waals surface area contributed by atoms with Gasteiger partial charge < -0.3 is 13.4 Å². The summed E-state index contributed by atoms with van der Waals surface area (Å²) in [6, 6.07) is 27.4. The van der Waals surface area contributed by atoms with E-state index in [2.05, 4.69) is 0 Å². The molecule has 57 heavy (non-hydrogen) atoms. The lowest BCUT2D eigenvalue weighted by atomic mass is 9.99. The minimum absolute atomic E-state index is 0.00623. The Morgan fingerprint density at radius 2 is 1.14 bits per heavy atom. The van der Waals surface area contributed by atoms with Gasteiger partial charge >= 0.3 is 0 Å². The highest BCUT2D eigenvalue weighted by atomic mass is 16.3. The molecule has 0 saturated carbocycles. The van der Waals surface area contributed by atoms with E-state index >= 15 is 0 Å². The van der Waals surface area contributed by atoms with Crippen molar-refractivity contribution in [1.29, 1.82) is 0 Å². The predicted molar refractivity (Wildman–Crippen MR) is 230 cm³/mol. The highest BCUT2D eigenvalue weighted by molar-refractivity contribution is 6.15. The van der Waals surface area contributed by atoms with Gasteiger partial charge in [-0.15, -0.1) is 0 Å². The van der Waals surface area contributed by atoms with Crippen LogP contribution >= 0.6 is 0 Å². The Balaban J connectivity index is 1.14. The number of hydrogen-bond acceptors (Lipinski definition) is 5. The Hall–Kier alpha value is -7.83. The van der Waals surface area contributed by atoms with E-state index in [1.165, 1.54) is 16.7 Å². The van der Waals surface area contributed by atoms with Crippen molar-refractivity contribution >= 4 is 65.7 Å². The molecule has 4 heterocycles. The fourth-order valence-electron chi connectivity index (χ4n) is 7.67. The van der Waals surface area contributed by atoms with Crippen molar-refractivity contribution in [2.45, 2.75) is 0 Å². The Kier molecular flexibility index (Phi) is 4.74. The molecule has 266 valence electrons. The van der Waals surface area contributed by atoms with Gasteiger partial charge in [0.05, 0.1) is 27.5 Å². The summed E-state index contributed by atoms with van der Waals surface area (Å²) >= 11 is 0.